The van der Waals surface area contributed by atoms with Crippen molar-refractivity contribution >= 4 is 23.7 Å². The maximum absolute atomic E-state index is 12.0. The van der Waals surface area contributed by atoms with Crippen LogP contribution in [0.15, 0.2) is 59.5 Å². The molecule has 2 aliphatic heterocycles. The minimum absolute atomic E-state index is 0.250. The number of benzene rings is 2. The van der Waals surface area contributed by atoms with Crippen molar-refractivity contribution in [3.05, 3.63) is 65.7 Å². The summed E-state index contributed by atoms with van der Waals surface area (Å²) in [5, 5.41) is 0. The van der Waals surface area contributed by atoms with Crippen LogP contribution in [0.25, 0.3) is 0 Å². The number of ether oxygens (including phenoxy) is 5. The zero-order valence-electron chi connectivity index (χ0n) is 18.1. The highest BCUT2D eigenvalue weighted by atomic mass is 32.2. The van der Waals surface area contributed by atoms with Gasteiger partial charge in [0.05, 0.1) is 6.61 Å². The highest BCUT2D eigenvalue weighted by Gasteiger charge is 2.53. The van der Waals surface area contributed by atoms with Crippen molar-refractivity contribution in [1.82, 2.24) is 0 Å². The van der Waals surface area contributed by atoms with E-state index in [1.165, 1.54) is 25.6 Å². The third-order valence-electron chi connectivity index (χ3n) is 5.23. The summed E-state index contributed by atoms with van der Waals surface area (Å²) in [7, 11) is 0. The van der Waals surface area contributed by atoms with Crippen molar-refractivity contribution in [1.29, 1.82) is 0 Å². The second kappa shape index (κ2) is 10.0. The number of esters is 2. The van der Waals surface area contributed by atoms with Crippen LogP contribution in [-0.2, 0) is 33.3 Å². The molecule has 8 heteroatoms. The molecule has 0 amide bonds. The van der Waals surface area contributed by atoms with Crippen LogP contribution in [0.5, 0.6) is 0 Å². The van der Waals surface area contributed by atoms with E-state index >= 15 is 0 Å². The van der Waals surface area contributed by atoms with Crippen LogP contribution in [-0.4, -0.2) is 48.4 Å². The minimum Gasteiger partial charge on any atom is -0.456 e. The molecule has 4 rings (SSSR count). The zero-order valence-corrected chi connectivity index (χ0v) is 18.9. The van der Waals surface area contributed by atoms with Gasteiger partial charge >= 0.3 is 11.9 Å². The second-order valence-corrected chi connectivity index (χ2v) is 8.97. The lowest BCUT2D eigenvalue weighted by Gasteiger charge is -2.48. The first-order valence-corrected chi connectivity index (χ1v) is 11.3. The Balaban J connectivity index is 1.61. The fourth-order valence-corrected chi connectivity index (χ4v) is 4.92. The normalized spacial score (nSPS) is 29.6. The summed E-state index contributed by atoms with van der Waals surface area (Å²) >= 11 is 1.41. The average Bonchev–Trinajstić information content (AvgIpc) is 2.77. The van der Waals surface area contributed by atoms with Crippen LogP contribution in [0.3, 0.4) is 0 Å². The Labute approximate surface area is 191 Å². The molecular formula is C24H26O7S. The Kier molecular flexibility index (Phi) is 7.15. The topological polar surface area (TPSA) is 80.3 Å². The molecule has 32 heavy (non-hydrogen) atoms. The smallest absolute Gasteiger partial charge is 0.303 e. The van der Waals surface area contributed by atoms with E-state index in [0.717, 1.165) is 16.0 Å². The Morgan fingerprint density at radius 3 is 2.22 bits per heavy atom. The van der Waals surface area contributed by atoms with Gasteiger partial charge in [-0.3, -0.25) is 9.59 Å². The number of thioether (sulfide) groups is 1. The maximum atomic E-state index is 12.0. The zero-order chi connectivity index (χ0) is 22.7. The van der Waals surface area contributed by atoms with Crippen molar-refractivity contribution in [2.45, 2.75) is 61.8 Å². The Morgan fingerprint density at radius 2 is 1.56 bits per heavy atom. The van der Waals surface area contributed by atoms with Gasteiger partial charge in [-0.2, -0.15) is 0 Å². The van der Waals surface area contributed by atoms with Crippen LogP contribution in [0.2, 0.25) is 0 Å². The van der Waals surface area contributed by atoms with Gasteiger partial charge in [0.2, 0.25) is 0 Å². The molecule has 7 nitrogen and oxygen atoms in total. The first-order valence-electron chi connectivity index (χ1n) is 10.5. The van der Waals surface area contributed by atoms with Gasteiger partial charge in [0.25, 0.3) is 0 Å². The third-order valence-corrected chi connectivity index (χ3v) is 6.39. The maximum Gasteiger partial charge on any atom is 0.303 e. The third kappa shape index (κ3) is 5.32. The Hall–Kier alpha value is -2.39. The molecule has 0 unspecified atom stereocenters. The molecule has 2 saturated heterocycles. The van der Waals surface area contributed by atoms with E-state index in [-0.39, 0.29) is 6.61 Å². The number of carbonyl (C=O) groups excluding carboxylic acids is 2. The fourth-order valence-electron chi connectivity index (χ4n) is 3.81. The molecule has 2 fully saturated rings. The summed E-state index contributed by atoms with van der Waals surface area (Å²) in [5.41, 5.74) is 1.37. The fraction of sp³-hybridized carbons (Fsp3) is 0.417. The molecule has 2 aliphatic rings. The van der Waals surface area contributed by atoms with Gasteiger partial charge in [-0.25, -0.2) is 0 Å². The standard InChI is InChI=1S/C24H26O7S/c1-14-9-11-18(12-10-14)32-24-22(29-16(3)26)21(28-15(2)25)20-19(30-24)13-27-23(31-20)17-7-5-4-6-8-17/h4-12,19-24H,13H2,1-3H3/t19-,20-,21+,22-,23-,24+/m1/s1. The van der Waals surface area contributed by atoms with Gasteiger partial charge in [0.15, 0.2) is 18.5 Å². The predicted molar refractivity (Wildman–Crippen MR) is 117 cm³/mol. The molecule has 0 bridgehead atoms. The molecule has 0 spiro atoms. The Morgan fingerprint density at radius 1 is 0.906 bits per heavy atom. The van der Waals surface area contributed by atoms with Gasteiger partial charge in [-0.05, 0) is 19.1 Å². The lowest BCUT2D eigenvalue weighted by atomic mass is 9.98. The van der Waals surface area contributed by atoms with Crippen LogP contribution < -0.4 is 0 Å². The molecule has 2 heterocycles. The van der Waals surface area contributed by atoms with Gasteiger partial charge in [-0.15, -0.1) is 0 Å². The summed E-state index contributed by atoms with van der Waals surface area (Å²) in [6, 6.07) is 17.4. The van der Waals surface area contributed by atoms with Crippen LogP contribution in [0.1, 0.15) is 31.3 Å². The summed E-state index contributed by atoms with van der Waals surface area (Å²) in [5.74, 6) is -0.978. The van der Waals surface area contributed by atoms with Gasteiger partial charge in [-0.1, -0.05) is 59.8 Å². The molecule has 0 aliphatic carbocycles. The molecular weight excluding hydrogens is 432 g/mol. The molecule has 0 saturated carbocycles. The van der Waals surface area contributed by atoms with E-state index in [4.69, 9.17) is 23.7 Å². The quantitative estimate of drug-likeness (QED) is 0.626. The highest BCUT2D eigenvalue weighted by molar-refractivity contribution is 7.99. The summed E-state index contributed by atoms with van der Waals surface area (Å²) in [6.45, 7) is 4.90. The van der Waals surface area contributed by atoms with Crippen molar-refractivity contribution < 1.29 is 33.3 Å². The molecule has 0 radical (unpaired) electrons. The first-order chi connectivity index (χ1) is 15.4. The van der Waals surface area contributed by atoms with Crippen molar-refractivity contribution in [3.63, 3.8) is 0 Å². The van der Waals surface area contributed by atoms with E-state index in [1.54, 1.807) is 0 Å². The van der Waals surface area contributed by atoms with Gasteiger partial charge < -0.3 is 23.7 Å². The molecule has 170 valence electrons. The largest absolute Gasteiger partial charge is 0.456 e. The monoisotopic (exact) mass is 458 g/mol. The van der Waals surface area contributed by atoms with Crippen LogP contribution in [0, 0.1) is 6.92 Å². The lowest BCUT2D eigenvalue weighted by molar-refractivity contribution is -0.320. The van der Waals surface area contributed by atoms with E-state index in [0.29, 0.717) is 0 Å². The SMILES string of the molecule is CC(=O)O[C@@H]1[C@@H](OC(C)=O)[C@H](Sc2ccc(C)cc2)O[C@@H]2CO[C@@H](c3ccccc3)O[C@@H]12. The molecule has 6 atom stereocenters. The average molecular weight is 459 g/mol. The summed E-state index contributed by atoms with van der Waals surface area (Å²) < 4.78 is 29.7. The first kappa shape index (κ1) is 22.8. The number of hydrogen-bond acceptors (Lipinski definition) is 8. The van der Waals surface area contributed by atoms with Crippen molar-refractivity contribution in [2.24, 2.45) is 0 Å². The number of hydrogen-bond donors (Lipinski definition) is 0. The predicted octanol–water partition coefficient (Wildman–Crippen LogP) is 3.79. The van der Waals surface area contributed by atoms with Crippen molar-refractivity contribution in [3.8, 4) is 0 Å². The van der Waals surface area contributed by atoms with Gasteiger partial charge in [0, 0.05) is 24.3 Å². The summed E-state index contributed by atoms with van der Waals surface area (Å²) in [6.07, 6.45) is -3.48. The second-order valence-electron chi connectivity index (χ2n) is 7.80. The highest BCUT2D eigenvalue weighted by Crippen LogP contribution is 2.41. The number of aryl methyl sites for hydroxylation is 1. The van der Waals surface area contributed by atoms with Crippen LogP contribution in [0.4, 0.5) is 0 Å². The van der Waals surface area contributed by atoms with Gasteiger partial charge in [0.1, 0.15) is 17.6 Å². The lowest BCUT2D eigenvalue weighted by Crippen LogP contribution is -2.63. The van der Waals surface area contributed by atoms with Crippen molar-refractivity contribution in [2.75, 3.05) is 6.61 Å². The van der Waals surface area contributed by atoms with E-state index in [1.807, 2.05) is 61.5 Å². The number of rotatable bonds is 5. The molecule has 2 aromatic rings. The molecule has 0 N–H and O–H groups in total. The minimum atomic E-state index is -0.849. The van der Waals surface area contributed by atoms with E-state index < -0.39 is 48.1 Å². The van der Waals surface area contributed by atoms with E-state index in [9.17, 15) is 9.59 Å². The molecule has 0 aromatic heterocycles. The van der Waals surface area contributed by atoms with E-state index in [2.05, 4.69) is 0 Å². The van der Waals surface area contributed by atoms with Crippen LogP contribution >= 0.6 is 11.8 Å². The summed E-state index contributed by atoms with van der Waals surface area (Å²) in [4.78, 5) is 24.9. The number of fused-ring (bicyclic) bond motifs is 1. The molecule has 2 aromatic carbocycles. The number of carbonyl (C=O) groups is 2. The Bertz CT molecular complexity index is 933.